The van der Waals surface area contributed by atoms with E-state index in [-0.39, 0.29) is 21.1 Å². The minimum atomic E-state index is 0. The van der Waals surface area contributed by atoms with Gasteiger partial charge in [-0.25, -0.2) is 0 Å². The van der Waals surface area contributed by atoms with E-state index in [4.69, 9.17) is 0 Å². The molecule has 0 bridgehead atoms. The fourth-order valence-electron chi connectivity index (χ4n) is 2.24. The number of nitrogens with zero attached hydrogens (tertiary/aromatic N) is 2. The van der Waals surface area contributed by atoms with Gasteiger partial charge in [0, 0.05) is 21.1 Å². The summed E-state index contributed by atoms with van der Waals surface area (Å²) in [4.78, 5) is 2.36. The molecule has 2 aliphatic heterocycles. The van der Waals surface area contributed by atoms with Crippen LogP contribution in [-0.2, 0) is 21.1 Å². The van der Waals surface area contributed by atoms with Gasteiger partial charge in [0.05, 0.1) is 27.2 Å². The van der Waals surface area contributed by atoms with Crippen molar-refractivity contribution in [1.29, 1.82) is 0 Å². The Morgan fingerprint density at radius 3 is 1.47 bits per heavy atom. The first-order chi connectivity index (χ1) is 6.60. The van der Waals surface area contributed by atoms with Crippen molar-refractivity contribution in [3.8, 4) is 0 Å². The molecule has 2 rings (SSSR count). The maximum Gasteiger partial charge on any atom is 0.0782 e. The Bertz CT molecular complexity index is 146. The number of likely N-dealkylation sites (tertiary alicyclic amines) is 2. The van der Waals surface area contributed by atoms with Crippen molar-refractivity contribution in [3.05, 3.63) is 0 Å². The van der Waals surface area contributed by atoms with E-state index >= 15 is 0 Å². The molecule has 0 aromatic rings. The number of rotatable bonds is 0. The summed E-state index contributed by atoms with van der Waals surface area (Å²) in [6.45, 7) is 5.42. The van der Waals surface area contributed by atoms with Gasteiger partial charge in [-0.2, -0.15) is 0 Å². The van der Waals surface area contributed by atoms with Crippen molar-refractivity contribution >= 4 is 0 Å². The molecule has 0 N–H and O–H groups in total. The van der Waals surface area contributed by atoms with E-state index in [0.717, 1.165) is 0 Å². The van der Waals surface area contributed by atoms with Crippen molar-refractivity contribution < 1.29 is 25.5 Å². The summed E-state index contributed by atoms with van der Waals surface area (Å²) in [6.07, 6.45) is 7.16. The molecule has 90 valence electrons. The van der Waals surface area contributed by atoms with E-state index in [9.17, 15) is 0 Å². The van der Waals surface area contributed by atoms with Gasteiger partial charge in [-0.1, -0.05) is 0 Å². The van der Waals surface area contributed by atoms with Gasteiger partial charge in [-0.3, -0.25) is 0 Å². The van der Waals surface area contributed by atoms with Gasteiger partial charge in [0.1, 0.15) is 0 Å². The molecule has 2 heterocycles. The predicted molar refractivity (Wildman–Crippen MR) is 62.4 cm³/mol. The van der Waals surface area contributed by atoms with E-state index in [1.807, 2.05) is 0 Å². The van der Waals surface area contributed by atoms with Crippen molar-refractivity contribution in [1.82, 2.24) is 4.90 Å². The van der Waals surface area contributed by atoms with Crippen LogP contribution in [0.4, 0.5) is 0 Å². The predicted octanol–water partition coefficient (Wildman–Crippen LogP) is 1.96. The third-order valence-electron chi connectivity index (χ3n) is 3.36. The molecule has 0 atom stereocenters. The quantitative estimate of drug-likeness (QED) is 0.579. The van der Waals surface area contributed by atoms with Gasteiger partial charge < -0.3 is 9.38 Å². The SMILES string of the molecule is CN1CCCC1.C[N+]1(C)CCCCC1.[W]. The van der Waals surface area contributed by atoms with Crippen LogP contribution in [0.5, 0.6) is 0 Å². The molecule has 0 aromatic heterocycles. The molecule has 0 aromatic carbocycles. The molecule has 2 saturated heterocycles. The van der Waals surface area contributed by atoms with Crippen molar-refractivity contribution in [2.45, 2.75) is 32.1 Å². The minimum Gasteiger partial charge on any atom is -0.328 e. The fraction of sp³-hybridized carbons (Fsp3) is 1.00. The Balaban J connectivity index is 0.000000253. The molecule has 2 aliphatic rings. The van der Waals surface area contributed by atoms with Gasteiger partial charge in [0.25, 0.3) is 0 Å². The molecule has 0 aliphatic carbocycles. The normalized spacial score (nSPS) is 25.0. The van der Waals surface area contributed by atoms with Gasteiger partial charge in [0.2, 0.25) is 0 Å². The van der Waals surface area contributed by atoms with Crippen LogP contribution >= 0.6 is 0 Å². The van der Waals surface area contributed by atoms with Crippen LogP contribution < -0.4 is 0 Å². The summed E-state index contributed by atoms with van der Waals surface area (Å²) >= 11 is 0. The van der Waals surface area contributed by atoms with E-state index in [1.54, 1.807) is 0 Å². The fourth-order valence-corrected chi connectivity index (χ4v) is 2.24. The zero-order chi connectivity index (χ0) is 10.4. The molecule has 0 saturated carbocycles. The Morgan fingerprint density at radius 1 is 0.800 bits per heavy atom. The molecular formula is C12H27N2W+. The number of hydrogen-bond donors (Lipinski definition) is 0. The zero-order valence-corrected chi connectivity index (χ0v) is 13.6. The Morgan fingerprint density at radius 2 is 1.27 bits per heavy atom. The molecule has 0 radical (unpaired) electrons. The van der Waals surface area contributed by atoms with Crippen molar-refractivity contribution in [3.63, 3.8) is 0 Å². The van der Waals surface area contributed by atoms with Crippen LogP contribution in [0.1, 0.15) is 32.1 Å². The van der Waals surface area contributed by atoms with Crippen molar-refractivity contribution in [2.75, 3.05) is 47.3 Å². The number of hydrogen-bond acceptors (Lipinski definition) is 1. The van der Waals surface area contributed by atoms with Crippen molar-refractivity contribution in [2.24, 2.45) is 0 Å². The van der Waals surface area contributed by atoms with E-state index in [1.165, 1.54) is 62.8 Å². The van der Waals surface area contributed by atoms with E-state index < -0.39 is 0 Å². The Kier molecular flexibility index (Phi) is 8.13. The zero-order valence-electron chi connectivity index (χ0n) is 10.7. The summed E-state index contributed by atoms with van der Waals surface area (Å²) in [6, 6.07) is 0. The molecule has 2 nitrogen and oxygen atoms in total. The maximum atomic E-state index is 2.36. The Hall–Kier alpha value is 0.608. The second-order valence-corrected chi connectivity index (χ2v) is 5.45. The minimum absolute atomic E-state index is 0. The smallest absolute Gasteiger partial charge is 0.0782 e. The van der Waals surface area contributed by atoms with E-state index in [0.29, 0.717) is 0 Å². The summed E-state index contributed by atoms with van der Waals surface area (Å²) in [5, 5.41) is 0. The first kappa shape index (κ1) is 15.6. The van der Waals surface area contributed by atoms with Gasteiger partial charge >= 0.3 is 0 Å². The Labute approximate surface area is 110 Å². The molecule has 2 fully saturated rings. The molecule has 0 amide bonds. The van der Waals surface area contributed by atoms with Crippen LogP contribution in [0.15, 0.2) is 0 Å². The monoisotopic (exact) mass is 383 g/mol. The van der Waals surface area contributed by atoms with Crippen LogP contribution in [0.3, 0.4) is 0 Å². The average Bonchev–Trinajstić information content (AvgIpc) is 2.56. The van der Waals surface area contributed by atoms with Gasteiger partial charge in [-0.15, -0.1) is 0 Å². The summed E-state index contributed by atoms with van der Waals surface area (Å²) in [5.74, 6) is 0. The second-order valence-electron chi connectivity index (χ2n) is 5.45. The second kappa shape index (κ2) is 7.81. The molecule has 0 spiro atoms. The van der Waals surface area contributed by atoms with Gasteiger partial charge in [0.15, 0.2) is 0 Å². The third-order valence-corrected chi connectivity index (χ3v) is 3.36. The molecule has 3 heteroatoms. The average molecular weight is 383 g/mol. The van der Waals surface area contributed by atoms with Crippen LogP contribution in [0, 0.1) is 0 Å². The largest absolute Gasteiger partial charge is 0.328 e. The first-order valence-corrected chi connectivity index (χ1v) is 6.11. The molecule has 0 unspecified atom stereocenters. The summed E-state index contributed by atoms with van der Waals surface area (Å²) in [7, 11) is 6.81. The third kappa shape index (κ3) is 7.49. The van der Waals surface area contributed by atoms with Crippen LogP contribution in [0.2, 0.25) is 0 Å². The van der Waals surface area contributed by atoms with Crippen LogP contribution in [0.25, 0.3) is 0 Å². The summed E-state index contributed by atoms with van der Waals surface area (Å²) < 4.78 is 1.25. The summed E-state index contributed by atoms with van der Waals surface area (Å²) in [5.41, 5.74) is 0. The molecule has 15 heavy (non-hydrogen) atoms. The number of quaternary nitrogens is 1. The van der Waals surface area contributed by atoms with Crippen LogP contribution in [-0.4, -0.2) is 56.7 Å². The first-order valence-electron chi connectivity index (χ1n) is 6.11. The topological polar surface area (TPSA) is 3.24 Å². The van der Waals surface area contributed by atoms with E-state index in [2.05, 4.69) is 26.0 Å². The number of piperidine rings is 1. The standard InChI is InChI=1S/C7H16N.C5H11N.W/c1-8(2)6-4-3-5-7-8;1-6-4-2-3-5-6;/h3-7H2,1-2H3;2-5H2,1H3;/q+1;;. The maximum absolute atomic E-state index is 2.36. The molecular weight excluding hydrogens is 356 g/mol. The van der Waals surface area contributed by atoms with Gasteiger partial charge in [-0.05, 0) is 52.2 Å².